The molecule has 0 bridgehead atoms. The highest BCUT2D eigenvalue weighted by Gasteiger charge is 2.57. The predicted octanol–water partition coefficient (Wildman–Crippen LogP) is 7.84. The van der Waals surface area contributed by atoms with Crippen LogP contribution in [0.3, 0.4) is 0 Å². The summed E-state index contributed by atoms with van der Waals surface area (Å²) in [5, 5.41) is 40.3. The van der Waals surface area contributed by atoms with Gasteiger partial charge in [0.05, 0.1) is 25.4 Å². The molecule has 0 aromatic heterocycles. The molecule has 6 aliphatic carbocycles. The van der Waals surface area contributed by atoms with Crippen LogP contribution in [0, 0.1) is 57.2 Å². The van der Waals surface area contributed by atoms with E-state index in [9.17, 15) is 20.4 Å². The van der Waals surface area contributed by atoms with Gasteiger partial charge in [-0.1, -0.05) is 66.5 Å². The maximum atomic E-state index is 10.7. The highest BCUT2D eigenvalue weighted by Crippen LogP contribution is 2.64. The predicted molar refractivity (Wildman–Crippen MR) is 172 cm³/mol. The molecule has 0 aromatic rings. The number of rotatable bonds is 2. The van der Waals surface area contributed by atoms with Crippen LogP contribution in [0.5, 0.6) is 0 Å². The van der Waals surface area contributed by atoms with Crippen LogP contribution in [0.2, 0.25) is 0 Å². The number of aliphatic hydroxyl groups is 4. The van der Waals surface area contributed by atoms with Gasteiger partial charge in [-0.15, -0.1) is 0 Å². The Morgan fingerprint density at radius 2 is 0.976 bits per heavy atom. The maximum Gasteiger partial charge on any atom is 0.0642 e. The summed E-state index contributed by atoms with van der Waals surface area (Å²) in [6.07, 6.45) is 20.3. The first-order valence-corrected chi connectivity index (χ1v) is 17.7. The summed E-state index contributed by atoms with van der Waals surface area (Å²) in [5.41, 5.74) is 3.72. The molecule has 0 radical (unpaired) electrons. The zero-order chi connectivity index (χ0) is 30.5. The molecule has 4 saturated carbocycles. The third kappa shape index (κ3) is 5.85. The van der Waals surface area contributed by atoms with Crippen molar-refractivity contribution in [2.24, 2.45) is 57.2 Å². The Labute approximate surface area is 257 Å². The fourth-order valence-corrected chi connectivity index (χ4v) is 12.4. The number of allylic oxidation sites excluding steroid dienone is 2. The van der Waals surface area contributed by atoms with Crippen LogP contribution >= 0.6 is 0 Å². The number of hydrogen-bond donors (Lipinski definition) is 4. The average molecular weight is 585 g/mol. The molecule has 4 N–H and O–H groups in total. The molecule has 0 unspecified atom stereocenters. The largest absolute Gasteiger partial charge is 0.392 e. The Hall–Kier alpha value is -0.680. The second-order valence-electron chi connectivity index (χ2n) is 17.6. The van der Waals surface area contributed by atoms with Gasteiger partial charge >= 0.3 is 0 Å². The standard InChI is InChI=1S/2C19H32O2/c2*1-18(2)9-4-10-19(3)15-7-5-13(12-20)11-16(21)14(15)6-8-17(18)19/h2*5,14-17,20-21H,4,6-12H2,1-3H3/t14-,15+,16+,17+,19-;14-,15+,16-,17+,19-/m11/s1. The van der Waals surface area contributed by atoms with Gasteiger partial charge in [0.25, 0.3) is 0 Å². The quantitative estimate of drug-likeness (QED) is 0.249. The minimum Gasteiger partial charge on any atom is -0.392 e. The zero-order valence-corrected chi connectivity index (χ0v) is 27.9. The van der Waals surface area contributed by atoms with Crippen LogP contribution in [-0.4, -0.2) is 45.8 Å². The van der Waals surface area contributed by atoms with Gasteiger partial charge in [0.1, 0.15) is 0 Å². The molecule has 4 nitrogen and oxygen atoms in total. The van der Waals surface area contributed by atoms with E-state index in [0.717, 1.165) is 35.8 Å². The number of hydrogen-bond acceptors (Lipinski definition) is 4. The van der Waals surface area contributed by atoms with E-state index in [4.69, 9.17) is 0 Å². The van der Waals surface area contributed by atoms with E-state index < -0.39 is 0 Å². The van der Waals surface area contributed by atoms with E-state index in [0.29, 0.717) is 58.2 Å². The van der Waals surface area contributed by atoms with Gasteiger partial charge < -0.3 is 20.4 Å². The van der Waals surface area contributed by atoms with Crippen molar-refractivity contribution < 1.29 is 20.4 Å². The molecule has 0 aliphatic heterocycles. The lowest BCUT2D eigenvalue weighted by atomic mass is 9.45. The van der Waals surface area contributed by atoms with Gasteiger partial charge in [0.15, 0.2) is 0 Å². The van der Waals surface area contributed by atoms with E-state index in [1.165, 1.54) is 64.2 Å². The molecule has 4 heteroatoms. The maximum absolute atomic E-state index is 10.7. The minimum atomic E-state index is -0.251. The van der Waals surface area contributed by atoms with E-state index in [-0.39, 0.29) is 25.4 Å². The van der Waals surface area contributed by atoms with Crippen LogP contribution in [0.25, 0.3) is 0 Å². The van der Waals surface area contributed by atoms with Crippen molar-refractivity contribution in [3.8, 4) is 0 Å². The van der Waals surface area contributed by atoms with Gasteiger partial charge in [0.2, 0.25) is 0 Å². The van der Waals surface area contributed by atoms with Crippen molar-refractivity contribution in [3.05, 3.63) is 23.3 Å². The summed E-state index contributed by atoms with van der Waals surface area (Å²) in [4.78, 5) is 0. The van der Waals surface area contributed by atoms with Gasteiger partial charge in [-0.05, 0) is 145 Å². The lowest BCUT2D eigenvalue weighted by Gasteiger charge is -2.59. The van der Waals surface area contributed by atoms with Crippen molar-refractivity contribution in [1.29, 1.82) is 0 Å². The highest BCUT2D eigenvalue weighted by molar-refractivity contribution is 5.15. The topological polar surface area (TPSA) is 80.9 Å². The second kappa shape index (κ2) is 12.3. The van der Waals surface area contributed by atoms with E-state index in [1.54, 1.807) is 0 Å². The summed E-state index contributed by atoms with van der Waals surface area (Å²) in [7, 11) is 0. The molecule has 0 spiro atoms. The summed E-state index contributed by atoms with van der Waals surface area (Å²) in [6.45, 7) is 15.0. The molecule has 240 valence electrons. The van der Waals surface area contributed by atoms with Crippen LogP contribution in [0.1, 0.15) is 131 Å². The van der Waals surface area contributed by atoms with Crippen molar-refractivity contribution in [1.82, 2.24) is 0 Å². The Morgan fingerprint density at radius 3 is 1.33 bits per heavy atom. The first-order valence-electron chi connectivity index (χ1n) is 17.7. The lowest BCUT2D eigenvalue weighted by molar-refractivity contribution is -0.118. The van der Waals surface area contributed by atoms with Crippen LogP contribution in [0.15, 0.2) is 23.3 Å². The molecule has 42 heavy (non-hydrogen) atoms. The summed E-state index contributed by atoms with van der Waals surface area (Å²) in [5.74, 6) is 3.62. The summed E-state index contributed by atoms with van der Waals surface area (Å²) in [6, 6.07) is 0. The van der Waals surface area contributed by atoms with Gasteiger partial charge in [-0.2, -0.15) is 0 Å². The Kier molecular flexibility index (Phi) is 9.54. The van der Waals surface area contributed by atoms with E-state index in [1.807, 2.05) is 0 Å². The first-order chi connectivity index (χ1) is 19.8. The van der Waals surface area contributed by atoms with Gasteiger partial charge in [-0.3, -0.25) is 0 Å². The molecule has 10 atom stereocenters. The molecule has 0 aromatic carbocycles. The monoisotopic (exact) mass is 584 g/mol. The Morgan fingerprint density at radius 1 is 0.595 bits per heavy atom. The van der Waals surface area contributed by atoms with Crippen molar-refractivity contribution in [2.75, 3.05) is 13.2 Å². The fraction of sp³-hybridized carbons (Fsp3) is 0.895. The summed E-state index contributed by atoms with van der Waals surface area (Å²) < 4.78 is 0. The molecular formula is C38H64O4. The molecule has 6 rings (SSSR count). The minimum absolute atomic E-state index is 0.113. The highest BCUT2D eigenvalue weighted by atomic mass is 16.3. The molecule has 4 fully saturated rings. The molecule has 0 amide bonds. The van der Waals surface area contributed by atoms with Crippen molar-refractivity contribution in [3.63, 3.8) is 0 Å². The summed E-state index contributed by atoms with van der Waals surface area (Å²) >= 11 is 0. The zero-order valence-electron chi connectivity index (χ0n) is 27.9. The average Bonchev–Trinajstić information content (AvgIpc) is 3.20. The number of fused-ring (bicyclic) bond motifs is 6. The SMILES string of the molecule is CC1(C)CCC[C@]2(C)[C@H]3CC=C(CO)C[C@@H](O)[C@@H]3CC[C@@H]12.CC1(C)CCC[C@]2(C)[C@H]3CC=C(CO)C[C@H](O)[C@@H]3CC[C@@H]12. The van der Waals surface area contributed by atoms with Gasteiger partial charge in [0, 0.05) is 0 Å². The van der Waals surface area contributed by atoms with E-state index >= 15 is 0 Å². The molecular weight excluding hydrogens is 520 g/mol. The fourth-order valence-electron chi connectivity index (χ4n) is 12.4. The lowest BCUT2D eigenvalue weighted by Crippen LogP contribution is -2.53. The normalized spacial score (nSPS) is 46.0. The van der Waals surface area contributed by atoms with Crippen LogP contribution in [0.4, 0.5) is 0 Å². The van der Waals surface area contributed by atoms with Crippen LogP contribution < -0.4 is 0 Å². The molecule has 0 saturated heterocycles. The molecule has 6 aliphatic rings. The smallest absolute Gasteiger partial charge is 0.0642 e. The van der Waals surface area contributed by atoms with Crippen molar-refractivity contribution >= 4 is 0 Å². The van der Waals surface area contributed by atoms with E-state index in [2.05, 4.69) is 53.7 Å². The molecule has 0 heterocycles. The van der Waals surface area contributed by atoms with Crippen molar-refractivity contribution in [2.45, 2.75) is 144 Å². The third-order valence-electron chi connectivity index (χ3n) is 14.5. The Bertz CT molecular complexity index is 931. The van der Waals surface area contributed by atoms with Gasteiger partial charge in [-0.25, -0.2) is 0 Å². The second-order valence-corrected chi connectivity index (χ2v) is 17.6. The van der Waals surface area contributed by atoms with Crippen LogP contribution in [-0.2, 0) is 0 Å². The number of aliphatic hydroxyl groups excluding tert-OH is 4. The first kappa shape index (κ1) is 32.7. The Balaban J connectivity index is 0.000000168. The third-order valence-corrected chi connectivity index (χ3v) is 14.5.